The highest BCUT2D eigenvalue weighted by atomic mass is 15.3. The summed E-state index contributed by atoms with van der Waals surface area (Å²) in [5, 5.41) is 0. The molecule has 0 aromatic rings. The first-order valence-electron chi connectivity index (χ1n) is 6.50. The van der Waals surface area contributed by atoms with Crippen LogP contribution in [0.15, 0.2) is 0 Å². The molecular weight excluding hydrogens is 170 g/mol. The molecule has 1 saturated heterocycles. The Kier molecular flexibility index (Phi) is 1.29. The van der Waals surface area contributed by atoms with Crippen molar-refractivity contribution in [2.24, 2.45) is 23.2 Å². The summed E-state index contributed by atoms with van der Waals surface area (Å²) in [5.41, 5.74) is 0.879. The molecule has 1 aliphatic heterocycles. The Bertz CT molecular complexity index is 277. The molecule has 78 valence electrons. The van der Waals surface area contributed by atoms with E-state index >= 15 is 0 Å². The zero-order valence-corrected chi connectivity index (χ0v) is 9.37. The monoisotopic (exact) mass is 191 g/mol. The van der Waals surface area contributed by atoms with E-state index in [4.69, 9.17) is 0 Å². The predicted molar refractivity (Wildman–Crippen MR) is 57.0 cm³/mol. The lowest BCUT2D eigenvalue weighted by molar-refractivity contribution is -0.129. The van der Waals surface area contributed by atoms with Gasteiger partial charge in [-0.05, 0) is 62.7 Å². The van der Waals surface area contributed by atoms with E-state index in [0.717, 1.165) is 35.3 Å². The van der Waals surface area contributed by atoms with Crippen molar-refractivity contribution in [3.63, 3.8) is 0 Å². The lowest BCUT2D eigenvalue weighted by atomic mass is 9.43. The van der Waals surface area contributed by atoms with Gasteiger partial charge in [-0.3, -0.25) is 4.90 Å². The molecule has 4 aliphatic rings. The van der Waals surface area contributed by atoms with Gasteiger partial charge in [0.2, 0.25) is 0 Å². The maximum Gasteiger partial charge on any atom is 0.0166 e. The van der Waals surface area contributed by atoms with Crippen molar-refractivity contribution in [3.05, 3.63) is 0 Å². The van der Waals surface area contributed by atoms with Gasteiger partial charge in [0.15, 0.2) is 0 Å². The summed E-state index contributed by atoms with van der Waals surface area (Å²) in [6, 6.07) is 1.81. The first-order valence-corrected chi connectivity index (χ1v) is 6.50. The van der Waals surface area contributed by atoms with Crippen LogP contribution in [-0.2, 0) is 0 Å². The van der Waals surface area contributed by atoms with E-state index < -0.39 is 0 Å². The molecule has 1 nitrogen and oxygen atoms in total. The zero-order valence-electron chi connectivity index (χ0n) is 9.37. The fraction of sp³-hybridized carbons (Fsp3) is 1.00. The van der Waals surface area contributed by atoms with Crippen molar-refractivity contribution in [1.29, 1.82) is 0 Å². The lowest BCUT2D eigenvalue weighted by Gasteiger charge is -2.62. The topological polar surface area (TPSA) is 3.24 Å². The van der Waals surface area contributed by atoms with Crippen molar-refractivity contribution in [2.45, 2.75) is 51.6 Å². The molecule has 0 aromatic carbocycles. The van der Waals surface area contributed by atoms with Crippen LogP contribution in [0.2, 0.25) is 0 Å². The van der Waals surface area contributed by atoms with E-state index in [-0.39, 0.29) is 0 Å². The highest BCUT2D eigenvalue weighted by Crippen LogP contribution is 2.77. The van der Waals surface area contributed by atoms with Crippen LogP contribution >= 0.6 is 0 Å². The van der Waals surface area contributed by atoms with Crippen LogP contribution in [0.4, 0.5) is 0 Å². The third-order valence-corrected chi connectivity index (χ3v) is 6.13. The van der Waals surface area contributed by atoms with Gasteiger partial charge in [0.1, 0.15) is 0 Å². The largest absolute Gasteiger partial charge is 0.297 e. The number of hydrogen-bond donors (Lipinski definition) is 0. The van der Waals surface area contributed by atoms with Crippen molar-refractivity contribution in [3.8, 4) is 0 Å². The molecule has 5 atom stereocenters. The van der Waals surface area contributed by atoms with Crippen LogP contribution in [0.5, 0.6) is 0 Å². The van der Waals surface area contributed by atoms with E-state index in [9.17, 15) is 0 Å². The minimum Gasteiger partial charge on any atom is -0.297 e. The molecule has 4 fully saturated rings. The first-order chi connectivity index (χ1) is 6.74. The molecule has 5 unspecified atom stereocenters. The Morgan fingerprint density at radius 3 is 2.43 bits per heavy atom. The van der Waals surface area contributed by atoms with Crippen LogP contribution in [0.1, 0.15) is 39.5 Å². The fourth-order valence-corrected chi connectivity index (χ4v) is 5.67. The van der Waals surface area contributed by atoms with Crippen LogP contribution in [0.25, 0.3) is 0 Å². The first kappa shape index (κ1) is 8.15. The molecule has 1 spiro atoms. The highest BCUT2D eigenvalue weighted by molar-refractivity contribution is 5.26. The Balaban J connectivity index is 1.72. The minimum atomic E-state index is 0.794. The number of likely N-dealkylation sites (tertiary alicyclic amines) is 1. The van der Waals surface area contributed by atoms with Gasteiger partial charge in [0, 0.05) is 18.6 Å². The molecule has 3 aliphatic carbocycles. The highest BCUT2D eigenvalue weighted by Gasteiger charge is 2.75. The van der Waals surface area contributed by atoms with E-state index in [1.807, 2.05) is 0 Å². The number of hydrogen-bond acceptors (Lipinski definition) is 1. The van der Waals surface area contributed by atoms with Gasteiger partial charge in [-0.1, -0.05) is 0 Å². The van der Waals surface area contributed by atoms with Gasteiger partial charge in [-0.15, -0.1) is 0 Å². The molecule has 0 radical (unpaired) electrons. The van der Waals surface area contributed by atoms with Crippen molar-refractivity contribution in [1.82, 2.24) is 4.90 Å². The second-order valence-corrected chi connectivity index (χ2v) is 6.45. The Labute approximate surface area is 86.9 Å². The van der Waals surface area contributed by atoms with Crippen molar-refractivity contribution >= 4 is 0 Å². The van der Waals surface area contributed by atoms with Gasteiger partial charge in [-0.2, -0.15) is 0 Å². The number of nitrogens with zero attached hydrogens (tertiary/aromatic N) is 1. The average molecular weight is 191 g/mol. The Morgan fingerprint density at radius 1 is 1.07 bits per heavy atom. The molecule has 0 aromatic heterocycles. The van der Waals surface area contributed by atoms with Crippen molar-refractivity contribution in [2.75, 3.05) is 6.54 Å². The van der Waals surface area contributed by atoms with Gasteiger partial charge < -0.3 is 0 Å². The maximum absolute atomic E-state index is 2.83. The molecule has 3 saturated carbocycles. The van der Waals surface area contributed by atoms with Crippen LogP contribution in [0.3, 0.4) is 0 Å². The van der Waals surface area contributed by atoms with Gasteiger partial charge in [0.25, 0.3) is 0 Å². The van der Waals surface area contributed by atoms with E-state index in [0.29, 0.717) is 0 Å². The van der Waals surface area contributed by atoms with E-state index in [2.05, 4.69) is 18.7 Å². The van der Waals surface area contributed by atoms with Crippen LogP contribution < -0.4 is 0 Å². The molecule has 14 heavy (non-hydrogen) atoms. The molecule has 4 rings (SSSR count). The summed E-state index contributed by atoms with van der Waals surface area (Å²) in [5.74, 6) is 3.42. The quantitative estimate of drug-likeness (QED) is 0.615. The predicted octanol–water partition coefficient (Wildman–Crippen LogP) is 2.52. The third-order valence-electron chi connectivity index (χ3n) is 6.13. The summed E-state index contributed by atoms with van der Waals surface area (Å²) >= 11 is 0. The molecule has 1 heterocycles. The lowest BCUT2D eigenvalue weighted by Crippen LogP contribution is -2.62. The maximum atomic E-state index is 2.83. The van der Waals surface area contributed by atoms with Crippen LogP contribution in [0, 0.1) is 23.2 Å². The summed E-state index contributed by atoms with van der Waals surface area (Å²) in [6.45, 7) is 6.21. The second-order valence-electron chi connectivity index (χ2n) is 6.45. The SMILES string of the molecule is CC(C)N1CC2CC3CCC4CC1C342. The zero-order chi connectivity index (χ0) is 9.50. The number of rotatable bonds is 1. The summed E-state index contributed by atoms with van der Waals surface area (Å²) < 4.78 is 0. The molecule has 0 amide bonds. The van der Waals surface area contributed by atoms with Gasteiger partial charge in [-0.25, -0.2) is 0 Å². The third kappa shape index (κ3) is 0.599. The van der Waals surface area contributed by atoms with Crippen molar-refractivity contribution < 1.29 is 0 Å². The molecular formula is C13H21N. The van der Waals surface area contributed by atoms with E-state index in [1.165, 1.54) is 6.54 Å². The molecule has 1 heteroatoms. The Morgan fingerprint density at radius 2 is 1.79 bits per heavy atom. The normalized spacial score (nSPS) is 59.4. The van der Waals surface area contributed by atoms with Gasteiger partial charge in [0.05, 0.1) is 0 Å². The minimum absolute atomic E-state index is 0.794. The molecule has 0 N–H and O–H groups in total. The summed E-state index contributed by atoms with van der Waals surface area (Å²) in [4.78, 5) is 2.83. The Hall–Kier alpha value is -0.0400. The fourth-order valence-electron chi connectivity index (χ4n) is 5.67. The van der Waals surface area contributed by atoms with E-state index in [1.54, 1.807) is 25.7 Å². The molecule has 0 bridgehead atoms. The average Bonchev–Trinajstić information content (AvgIpc) is 2.42. The smallest absolute Gasteiger partial charge is 0.0166 e. The van der Waals surface area contributed by atoms with Gasteiger partial charge >= 0.3 is 0 Å². The second kappa shape index (κ2) is 2.21. The standard InChI is InChI=1S/C13H21N/c1-8(2)14-7-11-5-9-3-4-10-6-12(14)13(9,10)11/h8-12H,3-7H2,1-2H3. The summed E-state index contributed by atoms with van der Waals surface area (Å²) in [7, 11) is 0. The summed E-state index contributed by atoms with van der Waals surface area (Å²) in [6.07, 6.45) is 6.27. The van der Waals surface area contributed by atoms with Crippen LogP contribution in [-0.4, -0.2) is 23.5 Å².